The largest absolute Gasteiger partial charge is 0.463 e. The minimum absolute atomic E-state index is 0.135. The number of esters is 1. The van der Waals surface area contributed by atoms with E-state index in [1.807, 2.05) is 0 Å². The molecule has 0 aromatic rings. The first-order valence-electron chi connectivity index (χ1n) is 4.35. The van der Waals surface area contributed by atoms with Crippen LogP contribution in [0.2, 0.25) is 0 Å². The molecule has 11 heavy (non-hydrogen) atoms. The molecule has 2 unspecified atom stereocenters. The Kier molecular flexibility index (Phi) is 2.92. The fourth-order valence-corrected chi connectivity index (χ4v) is 1.72. The van der Waals surface area contributed by atoms with Gasteiger partial charge in [0.25, 0.3) is 0 Å². The second kappa shape index (κ2) is 3.74. The number of carbonyl (C=O) groups is 1. The lowest BCUT2D eigenvalue weighted by molar-refractivity contribution is -0.148. The van der Waals surface area contributed by atoms with Gasteiger partial charge < -0.3 is 4.74 Å². The fraction of sp³-hybridized carbons (Fsp3) is 0.889. The van der Waals surface area contributed by atoms with Crippen LogP contribution >= 0.6 is 0 Å². The van der Waals surface area contributed by atoms with Gasteiger partial charge in [-0.05, 0) is 25.2 Å². The molecular formula is C9H16O2. The summed E-state index contributed by atoms with van der Waals surface area (Å²) in [6, 6.07) is 0. The second-order valence-corrected chi connectivity index (χ2v) is 3.50. The van der Waals surface area contributed by atoms with Gasteiger partial charge in [-0.3, -0.25) is 4.79 Å². The molecule has 2 heteroatoms. The molecule has 0 heterocycles. The van der Waals surface area contributed by atoms with Crippen molar-refractivity contribution in [1.82, 2.24) is 0 Å². The molecule has 1 rings (SSSR count). The Morgan fingerprint density at radius 3 is 2.73 bits per heavy atom. The normalized spacial score (nSPS) is 31.5. The van der Waals surface area contributed by atoms with Crippen LogP contribution in [-0.4, -0.2) is 12.1 Å². The zero-order valence-electron chi connectivity index (χ0n) is 7.30. The molecule has 2 nitrogen and oxygen atoms in total. The highest BCUT2D eigenvalue weighted by Crippen LogP contribution is 2.25. The van der Waals surface area contributed by atoms with E-state index in [2.05, 4.69) is 6.92 Å². The van der Waals surface area contributed by atoms with E-state index >= 15 is 0 Å². The molecule has 1 aliphatic carbocycles. The summed E-state index contributed by atoms with van der Waals surface area (Å²) in [6.45, 7) is 3.70. The van der Waals surface area contributed by atoms with Crippen molar-refractivity contribution in [3.63, 3.8) is 0 Å². The van der Waals surface area contributed by atoms with Crippen molar-refractivity contribution in [2.24, 2.45) is 5.92 Å². The van der Waals surface area contributed by atoms with Crippen LogP contribution in [0.3, 0.4) is 0 Å². The third-order valence-corrected chi connectivity index (χ3v) is 2.22. The van der Waals surface area contributed by atoms with E-state index in [0.29, 0.717) is 0 Å². The molecule has 0 saturated heterocycles. The molecule has 0 N–H and O–H groups in total. The molecule has 1 saturated carbocycles. The van der Waals surface area contributed by atoms with Crippen LogP contribution in [0, 0.1) is 5.92 Å². The van der Waals surface area contributed by atoms with E-state index in [9.17, 15) is 4.79 Å². The second-order valence-electron chi connectivity index (χ2n) is 3.50. The molecule has 0 aromatic carbocycles. The lowest BCUT2D eigenvalue weighted by Crippen LogP contribution is -2.23. The average molecular weight is 156 g/mol. The van der Waals surface area contributed by atoms with Crippen LogP contribution in [0.4, 0.5) is 0 Å². The van der Waals surface area contributed by atoms with E-state index in [1.165, 1.54) is 19.8 Å². The minimum atomic E-state index is -0.135. The Bertz CT molecular complexity index is 142. The number of ether oxygens (including phenoxy) is 1. The summed E-state index contributed by atoms with van der Waals surface area (Å²) < 4.78 is 5.12. The van der Waals surface area contributed by atoms with Gasteiger partial charge in [-0.2, -0.15) is 0 Å². The summed E-state index contributed by atoms with van der Waals surface area (Å²) in [4.78, 5) is 10.6. The van der Waals surface area contributed by atoms with Crippen LogP contribution < -0.4 is 0 Å². The monoisotopic (exact) mass is 156 g/mol. The number of carbonyl (C=O) groups excluding carboxylic acids is 1. The van der Waals surface area contributed by atoms with Gasteiger partial charge in [0.15, 0.2) is 0 Å². The summed E-state index contributed by atoms with van der Waals surface area (Å²) >= 11 is 0. The molecule has 0 aromatic heterocycles. The predicted molar refractivity (Wildman–Crippen MR) is 43.2 cm³/mol. The molecule has 1 fully saturated rings. The smallest absolute Gasteiger partial charge is 0.302 e. The van der Waals surface area contributed by atoms with Crippen LogP contribution in [0.15, 0.2) is 0 Å². The Hall–Kier alpha value is -0.530. The Morgan fingerprint density at radius 2 is 2.18 bits per heavy atom. The molecule has 64 valence electrons. The third-order valence-electron chi connectivity index (χ3n) is 2.22. The van der Waals surface area contributed by atoms with Crippen LogP contribution in [0.25, 0.3) is 0 Å². The molecule has 0 amide bonds. The zero-order chi connectivity index (χ0) is 8.27. The predicted octanol–water partition coefficient (Wildman–Crippen LogP) is 2.13. The number of hydrogen-bond donors (Lipinski definition) is 0. The van der Waals surface area contributed by atoms with Gasteiger partial charge in [-0.25, -0.2) is 0 Å². The van der Waals surface area contributed by atoms with Gasteiger partial charge >= 0.3 is 5.97 Å². The SMILES string of the molecule is CC(=O)OC1CCCC(C)C1. The van der Waals surface area contributed by atoms with E-state index in [4.69, 9.17) is 4.74 Å². The van der Waals surface area contributed by atoms with Crippen LogP contribution in [0.5, 0.6) is 0 Å². The first-order chi connectivity index (χ1) is 5.18. The third kappa shape index (κ3) is 2.91. The molecule has 0 spiro atoms. The minimum Gasteiger partial charge on any atom is -0.463 e. The topological polar surface area (TPSA) is 26.3 Å². The van der Waals surface area contributed by atoms with Gasteiger partial charge in [-0.15, -0.1) is 0 Å². The Balaban J connectivity index is 2.28. The van der Waals surface area contributed by atoms with Gasteiger partial charge in [-0.1, -0.05) is 13.3 Å². The first kappa shape index (κ1) is 8.57. The number of hydrogen-bond acceptors (Lipinski definition) is 2. The summed E-state index contributed by atoms with van der Waals surface area (Å²) in [5.41, 5.74) is 0. The van der Waals surface area contributed by atoms with Crippen molar-refractivity contribution in [1.29, 1.82) is 0 Å². The first-order valence-corrected chi connectivity index (χ1v) is 4.35. The molecule has 0 radical (unpaired) electrons. The van der Waals surface area contributed by atoms with Crippen molar-refractivity contribution in [2.45, 2.75) is 45.6 Å². The number of rotatable bonds is 1. The molecule has 1 aliphatic rings. The van der Waals surface area contributed by atoms with Gasteiger partial charge in [0.2, 0.25) is 0 Å². The highest BCUT2D eigenvalue weighted by molar-refractivity contribution is 5.66. The van der Waals surface area contributed by atoms with E-state index < -0.39 is 0 Å². The molecular weight excluding hydrogens is 140 g/mol. The molecule has 2 atom stereocenters. The van der Waals surface area contributed by atoms with E-state index in [1.54, 1.807) is 0 Å². The van der Waals surface area contributed by atoms with Gasteiger partial charge in [0, 0.05) is 6.92 Å². The Labute approximate surface area is 67.9 Å². The highest BCUT2D eigenvalue weighted by atomic mass is 16.5. The lowest BCUT2D eigenvalue weighted by atomic mass is 9.89. The standard InChI is InChI=1S/C9H16O2/c1-7-4-3-5-9(6-7)11-8(2)10/h7,9H,3-6H2,1-2H3. The van der Waals surface area contributed by atoms with E-state index in [-0.39, 0.29) is 12.1 Å². The average Bonchev–Trinajstić information content (AvgIpc) is 1.85. The summed E-state index contributed by atoms with van der Waals surface area (Å²) in [5, 5.41) is 0. The zero-order valence-corrected chi connectivity index (χ0v) is 7.30. The van der Waals surface area contributed by atoms with Gasteiger partial charge in [0.05, 0.1) is 0 Å². The lowest BCUT2D eigenvalue weighted by Gasteiger charge is -2.25. The van der Waals surface area contributed by atoms with Gasteiger partial charge in [0.1, 0.15) is 6.10 Å². The maximum atomic E-state index is 10.6. The van der Waals surface area contributed by atoms with Crippen LogP contribution in [-0.2, 0) is 9.53 Å². The van der Waals surface area contributed by atoms with Crippen LogP contribution in [0.1, 0.15) is 39.5 Å². The summed E-state index contributed by atoms with van der Waals surface area (Å²) in [7, 11) is 0. The molecule has 0 bridgehead atoms. The van der Waals surface area contributed by atoms with Crippen molar-refractivity contribution in [2.75, 3.05) is 0 Å². The maximum Gasteiger partial charge on any atom is 0.302 e. The van der Waals surface area contributed by atoms with Crippen molar-refractivity contribution < 1.29 is 9.53 Å². The van der Waals surface area contributed by atoms with Crippen molar-refractivity contribution in [3.8, 4) is 0 Å². The van der Waals surface area contributed by atoms with E-state index in [0.717, 1.165) is 18.8 Å². The summed E-state index contributed by atoms with van der Waals surface area (Å²) in [6.07, 6.45) is 4.82. The van der Waals surface area contributed by atoms with Crippen molar-refractivity contribution in [3.05, 3.63) is 0 Å². The van der Waals surface area contributed by atoms with Crippen molar-refractivity contribution >= 4 is 5.97 Å². The molecule has 0 aliphatic heterocycles. The highest BCUT2D eigenvalue weighted by Gasteiger charge is 2.20. The fourth-order valence-electron chi connectivity index (χ4n) is 1.72. The maximum absolute atomic E-state index is 10.6. The quantitative estimate of drug-likeness (QED) is 0.543. The Morgan fingerprint density at radius 1 is 1.45 bits per heavy atom. The summed E-state index contributed by atoms with van der Waals surface area (Å²) in [5.74, 6) is 0.595.